The van der Waals surface area contributed by atoms with E-state index in [1.54, 1.807) is 18.2 Å². The molecule has 36 heavy (non-hydrogen) atoms. The number of amides is 2. The fourth-order valence-corrected chi connectivity index (χ4v) is 3.45. The fraction of sp³-hybridized carbons (Fsp3) is 0.391. The first kappa shape index (κ1) is 23.6. The summed E-state index contributed by atoms with van der Waals surface area (Å²) in [5, 5.41) is 18.2. The van der Waals surface area contributed by atoms with Crippen molar-refractivity contribution in [2.45, 2.75) is 38.3 Å². The van der Waals surface area contributed by atoms with Crippen molar-refractivity contribution >= 4 is 29.0 Å². The number of alkyl halides is 1. The molecular weight excluding hydrogens is 471 g/mol. The van der Waals surface area contributed by atoms with Crippen molar-refractivity contribution in [1.82, 2.24) is 30.4 Å². The third-order valence-electron chi connectivity index (χ3n) is 5.63. The third-order valence-corrected chi connectivity index (χ3v) is 5.63. The number of halogens is 1. The van der Waals surface area contributed by atoms with Crippen LogP contribution in [-0.4, -0.2) is 56.7 Å². The summed E-state index contributed by atoms with van der Waals surface area (Å²) in [5.74, 6) is 0.203. The number of hydrogen-bond acceptors (Lipinski definition) is 9. The van der Waals surface area contributed by atoms with Crippen LogP contribution in [0.1, 0.15) is 36.2 Å². The van der Waals surface area contributed by atoms with Crippen LogP contribution in [0.4, 0.5) is 21.6 Å². The fourth-order valence-electron chi connectivity index (χ4n) is 3.45. The van der Waals surface area contributed by atoms with Gasteiger partial charge in [-0.3, -0.25) is 14.4 Å². The molecule has 0 atom stereocenters. The standard InChI is InChI=1S/C23H25FN8O4/c1-35-20-15(21-25-12-32(30-21)10-9-24)3-2-4-16(20)26-17-11-18(27-22(33)13-5-6-13)28-29-19(17)23(34)31-36-14-7-8-14/h2-4,11-14H,5-10H2,1H3,(H,31,34)(H2,26,27,28,33). The van der Waals surface area contributed by atoms with Crippen molar-refractivity contribution in [2.24, 2.45) is 5.92 Å². The molecule has 0 saturated heterocycles. The Balaban J connectivity index is 1.46. The van der Waals surface area contributed by atoms with Gasteiger partial charge in [0.15, 0.2) is 23.1 Å². The number of ether oxygens (including phenoxy) is 1. The number of para-hydroxylation sites is 1. The average molecular weight is 497 g/mol. The maximum atomic E-state index is 12.8. The molecule has 1 aromatic carbocycles. The Morgan fingerprint density at radius 1 is 1.17 bits per heavy atom. The summed E-state index contributed by atoms with van der Waals surface area (Å²) in [4.78, 5) is 34.6. The molecule has 3 N–H and O–H groups in total. The Kier molecular flexibility index (Phi) is 6.71. The van der Waals surface area contributed by atoms with E-state index in [4.69, 9.17) is 9.57 Å². The number of rotatable bonds is 11. The lowest BCUT2D eigenvalue weighted by atomic mass is 10.1. The van der Waals surface area contributed by atoms with Crippen LogP contribution in [-0.2, 0) is 16.2 Å². The van der Waals surface area contributed by atoms with E-state index in [-0.39, 0.29) is 41.7 Å². The third kappa shape index (κ3) is 5.40. The van der Waals surface area contributed by atoms with Gasteiger partial charge in [0.2, 0.25) is 5.91 Å². The number of carbonyl (C=O) groups is 2. The summed E-state index contributed by atoms with van der Waals surface area (Å²) in [5.41, 5.74) is 3.70. The SMILES string of the molecule is COc1c(Nc2cc(NC(=O)C3CC3)nnc2C(=O)NOC2CC2)cccc1-c1ncn(CCF)n1. The van der Waals surface area contributed by atoms with Crippen LogP contribution in [0.5, 0.6) is 5.75 Å². The first-order valence-electron chi connectivity index (χ1n) is 11.6. The van der Waals surface area contributed by atoms with E-state index < -0.39 is 12.6 Å². The maximum Gasteiger partial charge on any atom is 0.297 e. The molecule has 2 aliphatic carbocycles. The first-order chi connectivity index (χ1) is 17.6. The highest BCUT2D eigenvalue weighted by Gasteiger charge is 2.30. The number of benzene rings is 1. The summed E-state index contributed by atoms with van der Waals surface area (Å²) >= 11 is 0. The predicted molar refractivity (Wildman–Crippen MR) is 126 cm³/mol. The number of aromatic nitrogens is 5. The Morgan fingerprint density at radius 3 is 2.72 bits per heavy atom. The van der Waals surface area contributed by atoms with Gasteiger partial charge in [-0.1, -0.05) is 6.07 Å². The molecule has 2 fully saturated rings. The van der Waals surface area contributed by atoms with Gasteiger partial charge in [-0.2, -0.15) is 5.10 Å². The molecule has 2 saturated carbocycles. The highest BCUT2D eigenvalue weighted by Crippen LogP contribution is 2.37. The summed E-state index contributed by atoms with van der Waals surface area (Å²) in [7, 11) is 1.49. The summed E-state index contributed by atoms with van der Waals surface area (Å²) in [6.45, 7) is -0.474. The number of carbonyl (C=O) groups excluding carboxylic acids is 2. The zero-order chi connectivity index (χ0) is 25.1. The van der Waals surface area contributed by atoms with Crippen LogP contribution in [0.2, 0.25) is 0 Å². The Morgan fingerprint density at radius 2 is 2.00 bits per heavy atom. The molecule has 0 bridgehead atoms. The molecule has 2 aromatic heterocycles. The molecule has 3 aromatic rings. The zero-order valence-corrected chi connectivity index (χ0v) is 19.5. The number of aryl methyl sites for hydroxylation is 1. The lowest BCUT2D eigenvalue weighted by molar-refractivity contribution is -0.117. The maximum absolute atomic E-state index is 12.8. The van der Waals surface area contributed by atoms with E-state index in [0.717, 1.165) is 25.7 Å². The topological polar surface area (TPSA) is 145 Å². The first-order valence-corrected chi connectivity index (χ1v) is 11.6. The van der Waals surface area contributed by atoms with Crippen LogP contribution in [0.15, 0.2) is 30.6 Å². The summed E-state index contributed by atoms with van der Waals surface area (Å²) in [6, 6.07) is 6.80. The van der Waals surface area contributed by atoms with Crippen molar-refractivity contribution in [2.75, 3.05) is 24.4 Å². The van der Waals surface area contributed by atoms with Crippen LogP contribution in [0.3, 0.4) is 0 Å². The number of hydroxylamine groups is 1. The Hall–Kier alpha value is -4.13. The van der Waals surface area contributed by atoms with Gasteiger partial charge < -0.3 is 15.4 Å². The molecule has 188 valence electrons. The summed E-state index contributed by atoms with van der Waals surface area (Å²) < 4.78 is 19.7. The smallest absolute Gasteiger partial charge is 0.297 e. The average Bonchev–Trinajstić information content (AvgIpc) is 3.81. The van der Waals surface area contributed by atoms with Crippen LogP contribution in [0, 0.1) is 5.92 Å². The molecule has 0 spiro atoms. The van der Waals surface area contributed by atoms with Gasteiger partial charge in [-0.05, 0) is 37.8 Å². The van der Waals surface area contributed by atoms with Gasteiger partial charge in [0.1, 0.15) is 13.0 Å². The number of hydrogen-bond donors (Lipinski definition) is 3. The number of nitrogens with zero attached hydrogens (tertiary/aromatic N) is 5. The van der Waals surface area contributed by atoms with E-state index in [1.165, 1.54) is 24.2 Å². The zero-order valence-electron chi connectivity index (χ0n) is 19.5. The van der Waals surface area contributed by atoms with Gasteiger partial charge in [0.25, 0.3) is 5.91 Å². The molecule has 0 radical (unpaired) electrons. The van der Waals surface area contributed by atoms with Gasteiger partial charge in [-0.25, -0.2) is 19.5 Å². The van der Waals surface area contributed by atoms with Crippen LogP contribution in [0.25, 0.3) is 11.4 Å². The van der Waals surface area contributed by atoms with E-state index in [9.17, 15) is 14.0 Å². The molecular formula is C23H25FN8O4. The molecule has 13 heteroatoms. The lowest BCUT2D eigenvalue weighted by Gasteiger charge is -2.16. The number of methoxy groups -OCH3 is 1. The van der Waals surface area contributed by atoms with Crippen molar-refractivity contribution in [1.29, 1.82) is 0 Å². The molecule has 12 nitrogen and oxygen atoms in total. The normalized spacial score (nSPS) is 14.8. The minimum atomic E-state index is -0.585. The predicted octanol–water partition coefficient (Wildman–Crippen LogP) is 2.63. The second kappa shape index (κ2) is 10.2. The highest BCUT2D eigenvalue weighted by atomic mass is 19.1. The van der Waals surface area contributed by atoms with E-state index >= 15 is 0 Å². The van der Waals surface area contributed by atoms with Crippen molar-refractivity contribution < 1.29 is 23.6 Å². The van der Waals surface area contributed by atoms with Gasteiger partial charge >= 0.3 is 0 Å². The van der Waals surface area contributed by atoms with Crippen molar-refractivity contribution in [3.05, 3.63) is 36.3 Å². The highest BCUT2D eigenvalue weighted by molar-refractivity contribution is 5.99. The number of anilines is 3. The van der Waals surface area contributed by atoms with Crippen molar-refractivity contribution in [3.63, 3.8) is 0 Å². The molecule has 0 aliphatic heterocycles. The van der Waals surface area contributed by atoms with E-state index in [2.05, 4.69) is 36.4 Å². The van der Waals surface area contributed by atoms with Crippen LogP contribution < -0.4 is 20.9 Å². The van der Waals surface area contributed by atoms with E-state index in [1.807, 2.05) is 0 Å². The molecule has 5 rings (SSSR count). The molecule has 2 heterocycles. The van der Waals surface area contributed by atoms with Crippen LogP contribution >= 0.6 is 0 Å². The Bertz CT molecular complexity index is 1270. The minimum Gasteiger partial charge on any atom is -0.494 e. The molecule has 2 amide bonds. The summed E-state index contributed by atoms with van der Waals surface area (Å²) in [6.07, 6.45) is 4.87. The number of nitrogens with one attached hydrogen (secondary N) is 3. The van der Waals surface area contributed by atoms with Crippen molar-refractivity contribution in [3.8, 4) is 17.1 Å². The van der Waals surface area contributed by atoms with Gasteiger partial charge in [-0.15, -0.1) is 10.2 Å². The minimum absolute atomic E-state index is 0.00287. The molecule has 0 unspecified atom stereocenters. The van der Waals surface area contributed by atoms with Gasteiger partial charge in [0.05, 0.1) is 36.7 Å². The Labute approximate surface area is 205 Å². The second-order valence-corrected chi connectivity index (χ2v) is 8.54. The molecule has 2 aliphatic rings. The van der Waals surface area contributed by atoms with Gasteiger partial charge in [0, 0.05) is 12.0 Å². The second-order valence-electron chi connectivity index (χ2n) is 8.54. The monoisotopic (exact) mass is 496 g/mol. The lowest BCUT2D eigenvalue weighted by Crippen LogP contribution is -2.27. The largest absolute Gasteiger partial charge is 0.494 e. The quantitative estimate of drug-likeness (QED) is 0.341. The van der Waals surface area contributed by atoms with E-state index in [0.29, 0.717) is 22.8 Å².